The topological polar surface area (TPSA) is 37.3 Å². The van der Waals surface area contributed by atoms with Gasteiger partial charge in [0.1, 0.15) is 0 Å². The van der Waals surface area contributed by atoms with Gasteiger partial charge in [0.05, 0.1) is 5.56 Å². The van der Waals surface area contributed by atoms with Crippen molar-refractivity contribution in [1.82, 2.24) is 0 Å². The zero-order chi connectivity index (χ0) is 9.14. The van der Waals surface area contributed by atoms with Gasteiger partial charge in [0, 0.05) is 9.45 Å². The number of halogens is 2. The Bertz CT molecular complexity index is 312. The van der Waals surface area contributed by atoms with Crippen molar-refractivity contribution in [2.24, 2.45) is 0 Å². The number of carboxylic acids is 1. The van der Waals surface area contributed by atoms with Crippen LogP contribution in [0.4, 0.5) is 0 Å². The highest BCUT2D eigenvalue weighted by Crippen LogP contribution is 2.15. The number of hydrogen-bond donors (Lipinski definition) is 1. The Morgan fingerprint density at radius 2 is 2.25 bits per heavy atom. The second kappa shape index (κ2) is 4.09. The van der Waals surface area contributed by atoms with Crippen molar-refractivity contribution in [1.29, 1.82) is 0 Å². The normalized spacial score (nSPS) is 9.83. The number of carbonyl (C=O) groups is 1. The number of carboxylic acid groups (broad SMARTS) is 1. The maximum atomic E-state index is 10.6. The van der Waals surface area contributed by atoms with Gasteiger partial charge in [0.2, 0.25) is 0 Å². The first-order valence-corrected chi connectivity index (χ1v) is 4.84. The van der Waals surface area contributed by atoms with Gasteiger partial charge in [-0.05, 0) is 40.3 Å². The average molecular weight is 296 g/mol. The minimum atomic E-state index is -0.902. The minimum absolute atomic E-state index is 0.324. The molecule has 0 aliphatic heterocycles. The molecule has 2 nitrogen and oxygen atoms in total. The van der Waals surface area contributed by atoms with Crippen molar-refractivity contribution < 1.29 is 9.90 Å². The number of rotatable bonds is 2. The molecule has 0 fully saturated rings. The summed E-state index contributed by atoms with van der Waals surface area (Å²) in [6, 6.07) is 5.07. The molecule has 12 heavy (non-hydrogen) atoms. The van der Waals surface area contributed by atoms with E-state index in [1.807, 2.05) is 22.6 Å². The highest BCUT2D eigenvalue weighted by atomic mass is 127. The lowest BCUT2D eigenvalue weighted by Crippen LogP contribution is -1.99. The lowest BCUT2D eigenvalue weighted by molar-refractivity contribution is 0.0696. The zero-order valence-electron chi connectivity index (χ0n) is 6.05. The number of hydrogen-bond acceptors (Lipinski definition) is 1. The van der Waals surface area contributed by atoms with E-state index in [0.29, 0.717) is 11.4 Å². The van der Waals surface area contributed by atoms with Crippen LogP contribution >= 0.6 is 34.2 Å². The van der Waals surface area contributed by atoms with Crippen LogP contribution in [0.2, 0.25) is 0 Å². The van der Waals surface area contributed by atoms with E-state index >= 15 is 0 Å². The molecule has 0 saturated carbocycles. The van der Waals surface area contributed by atoms with E-state index in [1.54, 1.807) is 18.2 Å². The molecule has 0 heterocycles. The predicted octanol–water partition coefficient (Wildman–Crippen LogP) is 2.73. The molecule has 4 heteroatoms. The van der Waals surface area contributed by atoms with E-state index < -0.39 is 5.97 Å². The van der Waals surface area contributed by atoms with Gasteiger partial charge in [-0.25, -0.2) is 4.79 Å². The molecule has 0 unspecified atom stereocenters. The van der Waals surface area contributed by atoms with Gasteiger partial charge < -0.3 is 5.11 Å². The van der Waals surface area contributed by atoms with Crippen LogP contribution in [0.3, 0.4) is 0 Å². The number of aromatic carboxylic acids is 1. The van der Waals surface area contributed by atoms with Crippen molar-refractivity contribution in [2.45, 2.75) is 5.88 Å². The summed E-state index contributed by atoms with van der Waals surface area (Å²) in [5.41, 5.74) is 1.26. The van der Waals surface area contributed by atoms with E-state index in [0.717, 1.165) is 9.13 Å². The largest absolute Gasteiger partial charge is 0.478 e. The highest BCUT2D eigenvalue weighted by Gasteiger charge is 2.07. The van der Waals surface area contributed by atoms with Crippen LogP contribution in [0.15, 0.2) is 18.2 Å². The molecule has 1 aromatic rings. The molecular weight excluding hydrogens is 290 g/mol. The Kier molecular flexibility index (Phi) is 3.34. The van der Waals surface area contributed by atoms with Crippen LogP contribution in [0.1, 0.15) is 15.9 Å². The SMILES string of the molecule is O=C(O)c1ccc(CCl)cc1I. The Morgan fingerprint density at radius 1 is 1.58 bits per heavy atom. The van der Waals surface area contributed by atoms with Gasteiger partial charge in [0.15, 0.2) is 0 Å². The van der Waals surface area contributed by atoms with Crippen LogP contribution in [-0.2, 0) is 5.88 Å². The molecule has 1 rings (SSSR count). The van der Waals surface area contributed by atoms with Crippen molar-refractivity contribution in [3.05, 3.63) is 32.9 Å². The second-order valence-electron chi connectivity index (χ2n) is 2.25. The first kappa shape index (κ1) is 9.80. The highest BCUT2D eigenvalue weighted by molar-refractivity contribution is 14.1. The third-order valence-corrected chi connectivity index (χ3v) is 2.62. The molecular formula is C8H6ClIO2. The maximum Gasteiger partial charge on any atom is 0.336 e. The third kappa shape index (κ3) is 2.10. The smallest absolute Gasteiger partial charge is 0.336 e. The van der Waals surface area contributed by atoms with E-state index in [-0.39, 0.29) is 0 Å². The minimum Gasteiger partial charge on any atom is -0.478 e. The number of alkyl halides is 1. The molecule has 64 valence electrons. The molecule has 0 aliphatic carbocycles. The van der Waals surface area contributed by atoms with Crippen LogP contribution in [0.5, 0.6) is 0 Å². The molecule has 0 aliphatic rings. The van der Waals surface area contributed by atoms with Gasteiger partial charge >= 0.3 is 5.97 Å². The van der Waals surface area contributed by atoms with E-state index in [2.05, 4.69) is 0 Å². The fourth-order valence-corrected chi connectivity index (χ4v) is 1.79. The lowest BCUT2D eigenvalue weighted by atomic mass is 10.1. The quantitative estimate of drug-likeness (QED) is 0.673. The second-order valence-corrected chi connectivity index (χ2v) is 3.68. The maximum absolute atomic E-state index is 10.6. The third-order valence-electron chi connectivity index (χ3n) is 1.42. The molecule has 0 saturated heterocycles. The average Bonchev–Trinajstić information content (AvgIpc) is 2.03. The van der Waals surface area contributed by atoms with Crippen molar-refractivity contribution in [2.75, 3.05) is 0 Å². The summed E-state index contributed by atoms with van der Waals surface area (Å²) in [6.07, 6.45) is 0. The zero-order valence-corrected chi connectivity index (χ0v) is 8.96. The Hall–Kier alpha value is -0.290. The van der Waals surface area contributed by atoms with Crippen LogP contribution in [-0.4, -0.2) is 11.1 Å². The molecule has 0 spiro atoms. The molecule has 1 aromatic carbocycles. The van der Waals surface area contributed by atoms with Gasteiger partial charge in [-0.2, -0.15) is 0 Å². The predicted molar refractivity (Wildman–Crippen MR) is 55.7 cm³/mol. The monoisotopic (exact) mass is 296 g/mol. The first-order chi connectivity index (χ1) is 5.65. The van der Waals surface area contributed by atoms with Crippen molar-refractivity contribution >= 4 is 40.2 Å². The Balaban J connectivity index is 3.12. The first-order valence-electron chi connectivity index (χ1n) is 3.23. The summed E-state index contributed by atoms with van der Waals surface area (Å²) in [7, 11) is 0. The van der Waals surface area contributed by atoms with E-state index in [9.17, 15) is 4.79 Å². The fraction of sp³-hybridized carbons (Fsp3) is 0.125. The Labute approximate surface area is 88.7 Å². The van der Waals surface area contributed by atoms with E-state index in [1.165, 1.54) is 0 Å². The van der Waals surface area contributed by atoms with Gasteiger partial charge in [-0.15, -0.1) is 11.6 Å². The fourth-order valence-electron chi connectivity index (χ4n) is 0.815. The molecule has 0 aromatic heterocycles. The van der Waals surface area contributed by atoms with Crippen LogP contribution in [0, 0.1) is 3.57 Å². The molecule has 1 N–H and O–H groups in total. The van der Waals surface area contributed by atoms with E-state index in [4.69, 9.17) is 16.7 Å². The lowest BCUT2D eigenvalue weighted by Gasteiger charge is -2.00. The Morgan fingerprint density at radius 3 is 2.67 bits per heavy atom. The summed E-state index contributed by atoms with van der Waals surface area (Å²) in [5, 5.41) is 8.69. The molecule has 0 atom stereocenters. The molecule has 0 amide bonds. The van der Waals surface area contributed by atoms with Gasteiger partial charge in [-0.3, -0.25) is 0 Å². The van der Waals surface area contributed by atoms with Crippen molar-refractivity contribution in [3.63, 3.8) is 0 Å². The summed E-state index contributed by atoms with van der Waals surface area (Å²) in [4.78, 5) is 10.6. The summed E-state index contributed by atoms with van der Waals surface area (Å²) in [6.45, 7) is 0. The molecule has 0 radical (unpaired) electrons. The summed E-state index contributed by atoms with van der Waals surface area (Å²) >= 11 is 7.57. The summed E-state index contributed by atoms with van der Waals surface area (Å²) in [5.74, 6) is -0.490. The van der Waals surface area contributed by atoms with Gasteiger partial charge in [-0.1, -0.05) is 6.07 Å². The summed E-state index contributed by atoms with van der Waals surface area (Å²) < 4.78 is 0.721. The van der Waals surface area contributed by atoms with Crippen LogP contribution < -0.4 is 0 Å². The van der Waals surface area contributed by atoms with Crippen LogP contribution in [0.25, 0.3) is 0 Å². The van der Waals surface area contributed by atoms with Gasteiger partial charge in [0.25, 0.3) is 0 Å². The standard InChI is InChI=1S/C8H6ClIO2/c9-4-5-1-2-6(8(11)12)7(10)3-5/h1-3H,4H2,(H,11,12). The number of benzene rings is 1. The molecule has 0 bridgehead atoms. The van der Waals surface area contributed by atoms with Crippen molar-refractivity contribution in [3.8, 4) is 0 Å².